The van der Waals surface area contributed by atoms with E-state index in [0.29, 0.717) is 0 Å². The molecule has 0 aliphatic carbocycles. The molecule has 0 fully saturated rings. The standard InChI is InChI=1S/C18H42Si3.Li/c1-13(2)20(14(3)4,15(5)6)19-21(16(7)8,17(9)10)18(11)12;/h13-18H,1-12H3;/q-1;+1. The van der Waals surface area contributed by atoms with Gasteiger partial charge in [0, 0.05) is 0 Å². The quantitative estimate of drug-likeness (QED) is 0.580. The first-order valence-electron chi connectivity index (χ1n) is 9.16. The topological polar surface area (TPSA) is 0 Å². The molecule has 0 aliphatic rings. The van der Waals surface area contributed by atoms with Gasteiger partial charge in [0.1, 0.15) is 0 Å². The van der Waals surface area contributed by atoms with Crippen LogP contribution in [0.2, 0.25) is 33.2 Å². The summed E-state index contributed by atoms with van der Waals surface area (Å²) in [6.07, 6.45) is 0. The maximum atomic E-state index is 2.54. The van der Waals surface area contributed by atoms with Gasteiger partial charge in [-0.3, -0.25) is 0 Å². The molecule has 22 heavy (non-hydrogen) atoms. The molecule has 0 aromatic heterocycles. The fourth-order valence-corrected chi connectivity index (χ4v) is 45.5. The zero-order valence-corrected chi connectivity index (χ0v) is 21.0. The molecule has 127 valence electrons. The predicted octanol–water partition coefficient (Wildman–Crippen LogP) is 4.05. The van der Waals surface area contributed by atoms with Crippen LogP contribution in [0.4, 0.5) is 0 Å². The Hall–Kier alpha value is 1.25. The van der Waals surface area contributed by atoms with E-state index in [9.17, 15) is 0 Å². The molecule has 0 aliphatic heterocycles. The first-order chi connectivity index (χ1) is 9.37. The van der Waals surface area contributed by atoms with Crippen LogP contribution in [-0.2, 0) is 0 Å². The van der Waals surface area contributed by atoms with Gasteiger partial charge in [-0.15, -0.1) is 15.2 Å². The molecular weight excluding hydrogens is 307 g/mol. The molecule has 0 atom stereocenters. The second-order valence-electron chi connectivity index (χ2n) is 8.92. The summed E-state index contributed by atoms with van der Waals surface area (Å²) < 4.78 is 0. The molecule has 0 saturated carbocycles. The summed E-state index contributed by atoms with van der Waals surface area (Å²) in [5.74, 6) is 0. The van der Waals surface area contributed by atoms with E-state index >= 15 is 0 Å². The molecular formula is C18H42LiSi3. The average molecular weight is 350 g/mol. The van der Waals surface area contributed by atoms with Gasteiger partial charge in [0.25, 0.3) is 0 Å². The number of rotatable bonds is 8. The van der Waals surface area contributed by atoms with Crippen molar-refractivity contribution in [1.82, 2.24) is 0 Å². The summed E-state index contributed by atoms with van der Waals surface area (Å²) in [4.78, 5) is 0. The van der Waals surface area contributed by atoms with Gasteiger partial charge in [-0.05, 0) is 0 Å². The maximum absolute atomic E-state index is 2.54. The monoisotopic (exact) mass is 349 g/mol. The Morgan fingerprint density at radius 2 is 0.545 bits per heavy atom. The molecule has 0 N–H and O–H groups in total. The van der Waals surface area contributed by atoms with Crippen molar-refractivity contribution in [2.45, 2.75) is 116 Å². The van der Waals surface area contributed by atoms with Gasteiger partial charge in [-0.25, -0.2) is 0 Å². The van der Waals surface area contributed by atoms with E-state index in [-0.39, 0.29) is 18.9 Å². The van der Waals surface area contributed by atoms with Gasteiger partial charge in [0.05, 0.1) is 0 Å². The van der Waals surface area contributed by atoms with Crippen molar-refractivity contribution < 1.29 is 18.9 Å². The summed E-state index contributed by atoms with van der Waals surface area (Å²) in [6.45, 7) is 30.5. The van der Waals surface area contributed by atoms with E-state index in [1.54, 1.807) is 0 Å². The van der Waals surface area contributed by atoms with Crippen LogP contribution in [0, 0.1) is 0 Å². The van der Waals surface area contributed by atoms with Crippen molar-refractivity contribution in [3.8, 4) is 0 Å². The van der Waals surface area contributed by atoms with Gasteiger partial charge < -0.3 is 8.55 Å². The van der Waals surface area contributed by atoms with Crippen LogP contribution in [0.5, 0.6) is 0 Å². The molecule has 0 spiro atoms. The van der Waals surface area contributed by atoms with E-state index in [1.807, 2.05) is 0 Å². The summed E-state index contributed by atoms with van der Waals surface area (Å²) in [5, 5.41) is 0. The first-order valence-corrected chi connectivity index (χ1v) is 16.6. The van der Waals surface area contributed by atoms with Gasteiger partial charge >= 0.3 is 18.9 Å². The zero-order chi connectivity index (χ0) is 17.2. The molecule has 1 radical (unpaired) electrons. The summed E-state index contributed by atoms with van der Waals surface area (Å²) in [7, 11) is -1.21. The van der Waals surface area contributed by atoms with E-state index in [1.165, 1.54) is 8.55 Å². The summed E-state index contributed by atoms with van der Waals surface area (Å²) in [5.41, 5.74) is 5.49. The van der Waals surface area contributed by atoms with Crippen LogP contribution in [0.15, 0.2) is 0 Å². The van der Waals surface area contributed by atoms with E-state index in [4.69, 9.17) is 0 Å². The fraction of sp³-hybridized carbons (Fsp3) is 1.00. The van der Waals surface area contributed by atoms with E-state index in [2.05, 4.69) is 83.1 Å². The zero-order valence-electron chi connectivity index (χ0n) is 18.0. The Balaban J connectivity index is 0. The molecule has 0 heterocycles. The smallest absolute Gasteiger partial charge is 0.422 e. The van der Waals surface area contributed by atoms with Gasteiger partial charge in [0.15, 0.2) is 0 Å². The second-order valence-corrected chi connectivity index (χ2v) is 28.0. The third-order valence-corrected chi connectivity index (χ3v) is 39.3. The Labute approximate surface area is 158 Å². The van der Waals surface area contributed by atoms with Crippen molar-refractivity contribution in [2.75, 3.05) is 0 Å². The van der Waals surface area contributed by atoms with E-state index in [0.717, 1.165) is 33.2 Å². The Bertz CT molecular complexity index is 236. The molecule has 0 bridgehead atoms. The minimum absolute atomic E-state index is 0. The minimum Gasteiger partial charge on any atom is -0.422 e. The third-order valence-electron chi connectivity index (χ3n) is 6.17. The van der Waals surface area contributed by atoms with Crippen molar-refractivity contribution in [2.24, 2.45) is 0 Å². The number of hydrogen-bond donors (Lipinski definition) is 0. The van der Waals surface area contributed by atoms with Crippen LogP contribution in [0.3, 0.4) is 0 Å². The fourth-order valence-electron chi connectivity index (χ4n) is 5.24. The first kappa shape index (κ1) is 25.5. The number of hydrogen-bond acceptors (Lipinski definition) is 0. The molecule has 0 nitrogen and oxygen atoms in total. The van der Waals surface area contributed by atoms with Gasteiger partial charge in [-0.2, -0.15) is 0 Å². The predicted molar refractivity (Wildman–Crippen MR) is 108 cm³/mol. The molecule has 4 heteroatoms. The van der Waals surface area contributed by atoms with Gasteiger partial charge in [-0.1, -0.05) is 116 Å². The van der Waals surface area contributed by atoms with E-state index < -0.39 is 15.2 Å². The molecule has 0 amide bonds. The van der Waals surface area contributed by atoms with Crippen LogP contribution in [0.25, 0.3) is 0 Å². The molecule has 0 aromatic carbocycles. The van der Waals surface area contributed by atoms with Crippen molar-refractivity contribution in [1.29, 1.82) is 0 Å². The second kappa shape index (κ2) is 9.66. The van der Waals surface area contributed by atoms with Crippen LogP contribution < -0.4 is 18.9 Å². The normalized spacial score (nSPS) is 13.9. The molecule has 0 rings (SSSR count). The molecule has 0 aromatic rings. The molecule has 0 unspecified atom stereocenters. The Kier molecular flexibility index (Phi) is 11.2. The van der Waals surface area contributed by atoms with Crippen LogP contribution in [-0.4, -0.2) is 23.7 Å². The third kappa shape index (κ3) is 4.66. The van der Waals surface area contributed by atoms with Crippen molar-refractivity contribution >= 4 is 23.7 Å². The SMILES string of the molecule is CC(C)[Si]([Si-][Si](C(C)C)(C(C)C)C(C)C)(C(C)C)C(C)C.[Li+]. The largest absolute Gasteiger partial charge is 1.00 e. The van der Waals surface area contributed by atoms with Crippen molar-refractivity contribution in [3.63, 3.8) is 0 Å². The van der Waals surface area contributed by atoms with Crippen molar-refractivity contribution in [3.05, 3.63) is 0 Å². The maximum Gasteiger partial charge on any atom is 1.00 e. The Morgan fingerprint density at radius 3 is 0.636 bits per heavy atom. The van der Waals surface area contributed by atoms with Crippen LogP contribution >= 0.6 is 0 Å². The van der Waals surface area contributed by atoms with Crippen LogP contribution in [0.1, 0.15) is 83.1 Å². The Morgan fingerprint density at radius 1 is 0.409 bits per heavy atom. The minimum atomic E-state index is -1.26. The van der Waals surface area contributed by atoms with Gasteiger partial charge in [0.2, 0.25) is 0 Å². The summed E-state index contributed by atoms with van der Waals surface area (Å²) in [6, 6.07) is 0. The molecule has 0 saturated heterocycles. The summed E-state index contributed by atoms with van der Waals surface area (Å²) >= 11 is 0. The average Bonchev–Trinajstić information content (AvgIpc) is 2.26.